The van der Waals surface area contributed by atoms with Gasteiger partial charge in [-0.15, -0.1) is 0 Å². The van der Waals surface area contributed by atoms with Crippen LogP contribution >= 0.6 is 0 Å². The predicted molar refractivity (Wildman–Crippen MR) is 166 cm³/mol. The number of benzene rings is 2. The Balaban J connectivity index is 1.34. The van der Waals surface area contributed by atoms with Gasteiger partial charge in [-0.3, -0.25) is 4.79 Å². The van der Waals surface area contributed by atoms with E-state index < -0.39 is 23.6 Å². The average molecular weight is 612 g/mol. The largest absolute Gasteiger partial charge is 0.447 e. The fraction of sp³-hybridized carbons (Fsp3) is 0.559. The van der Waals surface area contributed by atoms with E-state index in [2.05, 4.69) is 5.32 Å². The van der Waals surface area contributed by atoms with Crippen LogP contribution < -0.4 is 5.32 Å². The number of likely N-dealkylation sites (tertiary alicyclic amines) is 2. The minimum Gasteiger partial charge on any atom is -0.447 e. The van der Waals surface area contributed by atoms with Gasteiger partial charge in [-0.05, 0) is 88.6 Å². The van der Waals surface area contributed by atoms with Crippen molar-refractivity contribution in [1.82, 2.24) is 15.1 Å². The lowest BCUT2D eigenvalue weighted by molar-refractivity contribution is -0.132. The minimum absolute atomic E-state index is 0.0226. The van der Waals surface area contributed by atoms with E-state index >= 15 is 4.39 Å². The predicted octanol–water partition coefficient (Wildman–Crippen LogP) is 6.08. The van der Waals surface area contributed by atoms with Gasteiger partial charge in [-0.2, -0.15) is 0 Å². The number of alkyl carbamates (subject to hydrolysis) is 1. The Morgan fingerprint density at radius 3 is 2.16 bits per heavy atom. The molecule has 0 bridgehead atoms. The van der Waals surface area contributed by atoms with Crippen LogP contribution in [0.2, 0.25) is 0 Å². The fourth-order valence-corrected chi connectivity index (χ4v) is 5.41. The number of nitrogens with zero attached hydrogens (tertiary/aromatic N) is 2. The molecule has 0 spiro atoms. The van der Waals surface area contributed by atoms with Crippen LogP contribution in [0.25, 0.3) is 11.1 Å². The summed E-state index contributed by atoms with van der Waals surface area (Å²) in [5.74, 6) is -0.669. The molecular formula is C34H46FN3O6. The first-order valence-corrected chi connectivity index (χ1v) is 15.6. The highest BCUT2D eigenvalue weighted by atomic mass is 19.1. The molecule has 2 heterocycles. The van der Waals surface area contributed by atoms with Gasteiger partial charge in [0.2, 0.25) is 5.91 Å². The van der Waals surface area contributed by atoms with E-state index in [0.717, 1.165) is 36.8 Å². The summed E-state index contributed by atoms with van der Waals surface area (Å²) in [6.45, 7) is 11.9. The maximum Gasteiger partial charge on any atom is 0.410 e. The zero-order chi connectivity index (χ0) is 31.9. The second-order valence-corrected chi connectivity index (χ2v) is 12.9. The Morgan fingerprint density at radius 2 is 1.57 bits per heavy atom. The fourth-order valence-electron chi connectivity index (χ4n) is 5.41. The minimum atomic E-state index is -0.927. The molecule has 1 atom stereocenters. The summed E-state index contributed by atoms with van der Waals surface area (Å²) in [5.41, 5.74) is 2.19. The molecular weight excluding hydrogens is 565 g/mol. The molecule has 1 N–H and O–H groups in total. The van der Waals surface area contributed by atoms with Crippen molar-refractivity contribution in [3.63, 3.8) is 0 Å². The van der Waals surface area contributed by atoms with Crippen LogP contribution in [-0.4, -0.2) is 77.9 Å². The highest BCUT2D eigenvalue weighted by Crippen LogP contribution is 2.25. The standard InChI is InChI=1S/C34H46FN3O6/c1-23(2)43-33(41)38-18-14-28(15-19-38)42-22-24-8-10-25(11-9-24)26-12-13-27(29(35)20-26)21-30(31(39)37-16-6-7-17-37)36-32(40)44-34(3,4)5/h8-13,20,23,28,30H,6-7,14-19,21-22H2,1-5H3,(H,36,40)/t30-/m0/s1. The molecule has 44 heavy (non-hydrogen) atoms. The summed E-state index contributed by atoms with van der Waals surface area (Å²) in [6, 6.07) is 11.8. The molecule has 4 rings (SSSR count). The van der Waals surface area contributed by atoms with Crippen molar-refractivity contribution in [1.29, 1.82) is 0 Å². The Bertz CT molecular complexity index is 1280. The van der Waals surface area contributed by atoms with Gasteiger partial charge in [-0.25, -0.2) is 14.0 Å². The smallest absolute Gasteiger partial charge is 0.410 e. The van der Waals surface area contributed by atoms with Gasteiger partial charge in [0.15, 0.2) is 0 Å². The molecule has 9 nitrogen and oxygen atoms in total. The molecule has 2 saturated heterocycles. The van der Waals surface area contributed by atoms with Crippen molar-refractivity contribution in [3.8, 4) is 11.1 Å². The lowest BCUT2D eigenvalue weighted by Crippen LogP contribution is -2.50. The molecule has 0 unspecified atom stereocenters. The number of hydrogen-bond acceptors (Lipinski definition) is 6. The number of piperidine rings is 1. The zero-order valence-corrected chi connectivity index (χ0v) is 26.6. The van der Waals surface area contributed by atoms with Gasteiger partial charge in [0, 0.05) is 32.6 Å². The monoisotopic (exact) mass is 611 g/mol. The van der Waals surface area contributed by atoms with Gasteiger partial charge >= 0.3 is 12.2 Å². The van der Waals surface area contributed by atoms with Gasteiger partial charge in [-0.1, -0.05) is 36.4 Å². The topological polar surface area (TPSA) is 97.4 Å². The number of carbonyl (C=O) groups excluding carboxylic acids is 3. The molecule has 3 amide bonds. The van der Waals surface area contributed by atoms with Crippen LogP contribution in [0.5, 0.6) is 0 Å². The average Bonchev–Trinajstić information content (AvgIpc) is 3.51. The first kappa shape index (κ1) is 33.2. The quantitative estimate of drug-likeness (QED) is 0.369. The molecule has 0 aromatic heterocycles. The van der Waals surface area contributed by atoms with Crippen LogP contribution in [0, 0.1) is 5.82 Å². The summed E-state index contributed by atoms with van der Waals surface area (Å²) in [7, 11) is 0. The van der Waals surface area contributed by atoms with E-state index in [9.17, 15) is 14.4 Å². The van der Waals surface area contributed by atoms with E-state index in [1.807, 2.05) is 44.2 Å². The van der Waals surface area contributed by atoms with Crippen molar-refractivity contribution < 1.29 is 33.0 Å². The molecule has 240 valence electrons. The van der Waals surface area contributed by atoms with Crippen molar-refractivity contribution in [2.45, 2.75) is 97.2 Å². The third-order valence-electron chi connectivity index (χ3n) is 7.69. The highest BCUT2D eigenvalue weighted by molar-refractivity contribution is 5.86. The zero-order valence-electron chi connectivity index (χ0n) is 26.6. The normalized spacial score (nSPS) is 16.6. The third kappa shape index (κ3) is 9.67. The molecule has 0 aliphatic carbocycles. The Labute approximate surface area is 260 Å². The van der Waals surface area contributed by atoms with Crippen LogP contribution in [0.1, 0.15) is 71.4 Å². The molecule has 2 fully saturated rings. The second kappa shape index (κ2) is 14.9. The number of carbonyl (C=O) groups is 3. The number of rotatable bonds is 9. The third-order valence-corrected chi connectivity index (χ3v) is 7.69. The summed E-state index contributed by atoms with van der Waals surface area (Å²) in [5, 5.41) is 2.67. The van der Waals surface area contributed by atoms with E-state index in [1.165, 1.54) is 6.07 Å². The van der Waals surface area contributed by atoms with Gasteiger partial charge < -0.3 is 29.3 Å². The number of nitrogens with one attached hydrogen (secondary N) is 1. The number of hydrogen-bond donors (Lipinski definition) is 1. The van der Waals surface area contributed by atoms with E-state index in [4.69, 9.17) is 14.2 Å². The number of ether oxygens (including phenoxy) is 3. The molecule has 10 heteroatoms. The Kier molecular flexibility index (Phi) is 11.2. The van der Waals surface area contributed by atoms with E-state index in [0.29, 0.717) is 43.9 Å². The van der Waals surface area contributed by atoms with Crippen molar-refractivity contribution in [2.24, 2.45) is 0 Å². The maximum atomic E-state index is 15.4. The first-order chi connectivity index (χ1) is 20.9. The Morgan fingerprint density at radius 1 is 0.932 bits per heavy atom. The molecule has 2 aromatic carbocycles. The van der Waals surface area contributed by atoms with Crippen LogP contribution in [0.4, 0.5) is 14.0 Å². The number of amides is 3. The summed E-state index contributed by atoms with van der Waals surface area (Å²) in [6.07, 6.45) is 2.33. The molecule has 2 aromatic rings. The lowest BCUT2D eigenvalue weighted by atomic mass is 9.98. The van der Waals surface area contributed by atoms with Crippen LogP contribution in [0.3, 0.4) is 0 Å². The van der Waals surface area contributed by atoms with Gasteiger partial charge in [0.1, 0.15) is 17.5 Å². The highest BCUT2D eigenvalue weighted by Gasteiger charge is 2.30. The van der Waals surface area contributed by atoms with Crippen LogP contribution in [-0.2, 0) is 32.0 Å². The SMILES string of the molecule is CC(C)OC(=O)N1CCC(OCc2ccc(-c3ccc(C[C@H](NC(=O)OC(C)(C)C)C(=O)N4CCCC4)c(F)c3)cc2)CC1. The molecule has 0 radical (unpaired) electrons. The number of halogens is 1. The van der Waals surface area contributed by atoms with Crippen molar-refractivity contribution >= 4 is 18.1 Å². The van der Waals surface area contributed by atoms with Crippen molar-refractivity contribution in [2.75, 3.05) is 26.2 Å². The molecule has 0 saturated carbocycles. The first-order valence-electron chi connectivity index (χ1n) is 15.6. The van der Waals surface area contributed by atoms with E-state index in [-0.39, 0.29) is 30.6 Å². The van der Waals surface area contributed by atoms with E-state index in [1.54, 1.807) is 36.6 Å². The second-order valence-electron chi connectivity index (χ2n) is 12.9. The maximum absolute atomic E-state index is 15.4. The van der Waals surface area contributed by atoms with Crippen molar-refractivity contribution in [3.05, 3.63) is 59.4 Å². The summed E-state index contributed by atoms with van der Waals surface area (Å²) < 4.78 is 32.1. The van der Waals surface area contributed by atoms with Gasteiger partial charge in [0.25, 0.3) is 0 Å². The van der Waals surface area contributed by atoms with Crippen LogP contribution in [0.15, 0.2) is 42.5 Å². The molecule has 2 aliphatic rings. The lowest BCUT2D eigenvalue weighted by Gasteiger charge is -2.31. The summed E-state index contributed by atoms with van der Waals surface area (Å²) >= 11 is 0. The molecule has 2 aliphatic heterocycles. The Hall–Kier alpha value is -3.66. The summed E-state index contributed by atoms with van der Waals surface area (Å²) in [4.78, 5) is 41.3. The van der Waals surface area contributed by atoms with Gasteiger partial charge in [0.05, 0.1) is 18.8 Å².